The Morgan fingerprint density at radius 1 is 1.60 bits per heavy atom. The van der Waals surface area contributed by atoms with Crippen molar-refractivity contribution in [3.8, 4) is 0 Å². The second-order valence-corrected chi connectivity index (χ2v) is 1.88. The van der Waals surface area contributed by atoms with E-state index in [4.69, 9.17) is 5.11 Å². The first-order valence-corrected chi connectivity index (χ1v) is 3.27. The first-order chi connectivity index (χ1) is 4.72. The summed E-state index contributed by atoms with van der Waals surface area (Å²) in [5, 5.41) is 8.50. The average Bonchev–Trinajstić information content (AvgIpc) is 1.89. The van der Waals surface area contributed by atoms with Crippen LogP contribution in [0, 0.1) is 0 Å². The maximum Gasteiger partial charge on any atom is 0.331 e. The Bertz CT molecular complexity index is 166. The van der Waals surface area contributed by atoms with Gasteiger partial charge in [0, 0.05) is 5.57 Å². The molecule has 0 spiro atoms. The molecule has 56 valence electrons. The van der Waals surface area contributed by atoms with Crippen molar-refractivity contribution in [1.82, 2.24) is 0 Å². The average molecular weight is 140 g/mol. The highest BCUT2D eigenvalue weighted by Crippen LogP contribution is 1.99. The Balaban J connectivity index is 4.18. The SMILES string of the molecule is C/C=C\C=C(/CC)C(=O)O. The lowest BCUT2D eigenvalue weighted by Crippen LogP contribution is -1.97. The van der Waals surface area contributed by atoms with Crippen molar-refractivity contribution in [2.45, 2.75) is 20.3 Å². The van der Waals surface area contributed by atoms with E-state index in [0.29, 0.717) is 12.0 Å². The summed E-state index contributed by atoms with van der Waals surface area (Å²) < 4.78 is 0. The third-order valence-electron chi connectivity index (χ3n) is 1.15. The molecule has 0 aliphatic rings. The van der Waals surface area contributed by atoms with Crippen LogP contribution < -0.4 is 0 Å². The molecule has 10 heavy (non-hydrogen) atoms. The number of carbonyl (C=O) groups is 1. The number of hydrogen-bond donors (Lipinski definition) is 1. The summed E-state index contributed by atoms with van der Waals surface area (Å²) in [5.41, 5.74) is 0.443. The minimum absolute atomic E-state index is 0.443. The van der Waals surface area contributed by atoms with Crippen LogP contribution in [0.15, 0.2) is 23.8 Å². The third kappa shape index (κ3) is 3.07. The van der Waals surface area contributed by atoms with Crippen LogP contribution in [0.4, 0.5) is 0 Å². The zero-order chi connectivity index (χ0) is 7.98. The number of rotatable bonds is 3. The molecule has 1 N–H and O–H groups in total. The smallest absolute Gasteiger partial charge is 0.331 e. The van der Waals surface area contributed by atoms with Crippen LogP contribution in [0.2, 0.25) is 0 Å². The van der Waals surface area contributed by atoms with Gasteiger partial charge in [-0.05, 0) is 13.3 Å². The molecule has 0 amide bonds. The maximum atomic E-state index is 10.3. The van der Waals surface area contributed by atoms with Crippen LogP contribution in [0.3, 0.4) is 0 Å². The van der Waals surface area contributed by atoms with Gasteiger partial charge in [0.15, 0.2) is 0 Å². The Kier molecular flexibility index (Phi) is 4.29. The molecule has 0 bridgehead atoms. The molecule has 0 aromatic carbocycles. The summed E-state index contributed by atoms with van der Waals surface area (Å²) in [4.78, 5) is 10.3. The van der Waals surface area contributed by atoms with E-state index >= 15 is 0 Å². The number of carboxylic acids is 1. The minimum atomic E-state index is -0.833. The van der Waals surface area contributed by atoms with Gasteiger partial charge < -0.3 is 5.11 Å². The summed E-state index contributed by atoms with van der Waals surface area (Å²) in [7, 11) is 0. The van der Waals surface area contributed by atoms with E-state index in [0.717, 1.165) is 0 Å². The van der Waals surface area contributed by atoms with Crippen molar-refractivity contribution in [2.75, 3.05) is 0 Å². The summed E-state index contributed by atoms with van der Waals surface area (Å²) >= 11 is 0. The number of carboxylic acid groups (broad SMARTS) is 1. The normalized spacial score (nSPS) is 12.4. The summed E-state index contributed by atoms with van der Waals surface area (Å²) in [6.45, 7) is 3.68. The molecule has 2 heteroatoms. The van der Waals surface area contributed by atoms with Crippen molar-refractivity contribution in [3.63, 3.8) is 0 Å². The van der Waals surface area contributed by atoms with Crippen LogP contribution >= 0.6 is 0 Å². The van der Waals surface area contributed by atoms with E-state index < -0.39 is 5.97 Å². The Morgan fingerprint density at radius 3 is 2.50 bits per heavy atom. The van der Waals surface area contributed by atoms with Gasteiger partial charge >= 0.3 is 5.97 Å². The lowest BCUT2D eigenvalue weighted by molar-refractivity contribution is -0.132. The van der Waals surface area contributed by atoms with E-state index in [9.17, 15) is 4.79 Å². The predicted octanol–water partition coefficient (Wildman–Crippen LogP) is 1.98. The molecule has 0 aromatic heterocycles. The van der Waals surface area contributed by atoms with Crippen LogP contribution in [0.1, 0.15) is 20.3 Å². The van der Waals surface area contributed by atoms with Gasteiger partial charge in [-0.25, -0.2) is 4.79 Å². The van der Waals surface area contributed by atoms with Gasteiger partial charge in [-0.2, -0.15) is 0 Å². The fraction of sp³-hybridized carbons (Fsp3) is 0.375. The van der Waals surface area contributed by atoms with Gasteiger partial charge in [-0.3, -0.25) is 0 Å². The fourth-order valence-electron chi connectivity index (χ4n) is 0.553. The van der Waals surface area contributed by atoms with Crippen LogP contribution in [0.25, 0.3) is 0 Å². The fourth-order valence-corrected chi connectivity index (χ4v) is 0.553. The highest BCUT2D eigenvalue weighted by molar-refractivity contribution is 5.86. The van der Waals surface area contributed by atoms with Crippen molar-refractivity contribution in [3.05, 3.63) is 23.8 Å². The molecule has 0 saturated carbocycles. The highest BCUT2D eigenvalue weighted by Gasteiger charge is 2.00. The quantitative estimate of drug-likeness (QED) is 0.480. The molecular weight excluding hydrogens is 128 g/mol. The largest absolute Gasteiger partial charge is 0.478 e. The monoisotopic (exact) mass is 140 g/mol. The molecule has 0 saturated heterocycles. The van der Waals surface area contributed by atoms with Crippen molar-refractivity contribution < 1.29 is 9.90 Å². The Labute approximate surface area is 60.9 Å². The van der Waals surface area contributed by atoms with Gasteiger partial charge in [0.05, 0.1) is 0 Å². The number of hydrogen-bond acceptors (Lipinski definition) is 1. The number of aliphatic carboxylic acids is 1. The Morgan fingerprint density at radius 2 is 2.20 bits per heavy atom. The maximum absolute atomic E-state index is 10.3. The molecule has 0 aliphatic carbocycles. The predicted molar refractivity (Wildman–Crippen MR) is 40.8 cm³/mol. The zero-order valence-corrected chi connectivity index (χ0v) is 6.29. The standard InChI is InChI=1S/C8H12O2/c1-3-5-6-7(4-2)8(9)10/h3,5-6H,4H2,1-2H3,(H,9,10)/b5-3-,7-6+. The first-order valence-electron chi connectivity index (χ1n) is 3.27. The van der Waals surface area contributed by atoms with Crippen molar-refractivity contribution in [2.24, 2.45) is 0 Å². The second-order valence-electron chi connectivity index (χ2n) is 1.88. The molecular formula is C8H12O2. The molecule has 0 aliphatic heterocycles. The molecule has 0 radical (unpaired) electrons. The van der Waals surface area contributed by atoms with E-state index in [1.165, 1.54) is 0 Å². The molecule has 0 unspecified atom stereocenters. The highest BCUT2D eigenvalue weighted by atomic mass is 16.4. The van der Waals surface area contributed by atoms with E-state index in [-0.39, 0.29) is 0 Å². The zero-order valence-electron chi connectivity index (χ0n) is 6.29. The lowest BCUT2D eigenvalue weighted by atomic mass is 10.2. The Hall–Kier alpha value is -1.05. The molecule has 0 heterocycles. The van der Waals surface area contributed by atoms with Crippen molar-refractivity contribution >= 4 is 5.97 Å². The number of allylic oxidation sites excluding steroid dienone is 3. The third-order valence-corrected chi connectivity index (χ3v) is 1.15. The van der Waals surface area contributed by atoms with Gasteiger partial charge in [-0.15, -0.1) is 0 Å². The molecule has 0 fully saturated rings. The van der Waals surface area contributed by atoms with E-state index in [1.54, 1.807) is 18.2 Å². The minimum Gasteiger partial charge on any atom is -0.478 e. The topological polar surface area (TPSA) is 37.3 Å². The summed E-state index contributed by atoms with van der Waals surface area (Å²) in [6.07, 6.45) is 5.72. The van der Waals surface area contributed by atoms with Crippen molar-refractivity contribution in [1.29, 1.82) is 0 Å². The van der Waals surface area contributed by atoms with Crippen LogP contribution in [-0.4, -0.2) is 11.1 Å². The molecule has 2 nitrogen and oxygen atoms in total. The first kappa shape index (κ1) is 8.95. The van der Waals surface area contributed by atoms with Gasteiger partial charge in [-0.1, -0.05) is 25.2 Å². The second kappa shape index (κ2) is 4.79. The van der Waals surface area contributed by atoms with E-state index in [2.05, 4.69) is 0 Å². The molecule has 0 atom stereocenters. The van der Waals surface area contributed by atoms with Crippen LogP contribution in [-0.2, 0) is 4.79 Å². The van der Waals surface area contributed by atoms with Gasteiger partial charge in [0.2, 0.25) is 0 Å². The van der Waals surface area contributed by atoms with E-state index in [1.807, 2.05) is 13.8 Å². The molecule has 0 rings (SSSR count). The summed E-state index contributed by atoms with van der Waals surface area (Å²) in [6, 6.07) is 0. The van der Waals surface area contributed by atoms with Gasteiger partial charge in [0.1, 0.15) is 0 Å². The van der Waals surface area contributed by atoms with Gasteiger partial charge in [0.25, 0.3) is 0 Å². The summed E-state index contributed by atoms with van der Waals surface area (Å²) in [5.74, 6) is -0.833. The lowest BCUT2D eigenvalue weighted by Gasteiger charge is -1.92. The van der Waals surface area contributed by atoms with Crippen LogP contribution in [0.5, 0.6) is 0 Å². The molecule has 0 aromatic rings.